The zero-order valence-electron chi connectivity index (χ0n) is 9.38. The first-order valence-corrected chi connectivity index (χ1v) is 7.54. The van der Waals surface area contributed by atoms with Gasteiger partial charge < -0.3 is 5.32 Å². The van der Waals surface area contributed by atoms with Crippen LogP contribution in [0.4, 0.5) is 0 Å². The number of piperazine rings is 1. The molecule has 92 valence electrons. The summed E-state index contributed by atoms with van der Waals surface area (Å²) in [6.07, 6.45) is 0. The maximum absolute atomic E-state index is 12.3. The normalized spacial score (nSPS) is 22.2. The van der Waals surface area contributed by atoms with Gasteiger partial charge >= 0.3 is 0 Å². The molecule has 0 bridgehead atoms. The second-order valence-electron chi connectivity index (χ2n) is 3.90. The summed E-state index contributed by atoms with van der Waals surface area (Å²) >= 11 is 1.02. The third-order valence-corrected chi connectivity index (χ3v) is 6.17. The molecule has 0 aliphatic carbocycles. The van der Waals surface area contributed by atoms with Gasteiger partial charge in [0.2, 0.25) is 0 Å². The van der Waals surface area contributed by atoms with E-state index in [4.69, 9.17) is 5.26 Å². The van der Waals surface area contributed by atoms with Crippen molar-refractivity contribution in [2.45, 2.75) is 17.2 Å². The third-order valence-electron chi connectivity index (χ3n) is 2.69. The minimum absolute atomic E-state index is 0.0543. The Morgan fingerprint density at radius 2 is 2.35 bits per heavy atom. The van der Waals surface area contributed by atoms with Crippen molar-refractivity contribution in [3.63, 3.8) is 0 Å². The van der Waals surface area contributed by atoms with Crippen LogP contribution >= 0.6 is 11.3 Å². The monoisotopic (exact) mass is 271 g/mol. The number of hydrogen-bond acceptors (Lipinski definition) is 5. The Morgan fingerprint density at radius 3 is 2.94 bits per heavy atom. The van der Waals surface area contributed by atoms with Crippen LogP contribution in [0.2, 0.25) is 0 Å². The van der Waals surface area contributed by atoms with Crippen molar-refractivity contribution in [1.29, 1.82) is 5.26 Å². The van der Waals surface area contributed by atoms with Crippen molar-refractivity contribution in [3.8, 4) is 6.07 Å². The maximum Gasteiger partial charge on any atom is 0.252 e. The Labute approximate surface area is 105 Å². The SMILES string of the molecule is C[C@H]1CNCCN1S(=O)(=O)c1ccc(C#N)s1. The van der Waals surface area contributed by atoms with E-state index in [1.807, 2.05) is 13.0 Å². The molecule has 1 aliphatic rings. The second-order valence-corrected chi connectivity index (χ2v) is 7.10. The van der Waals surface area contributed by atoms with Crippen LogP contribution in [0.3, 0.4) is 0 Å². The summed E-state index contributed by atoms with van der Waals surface area (Å²) in [6, 6.07) is 4.96. The van der Waals surface area contributed by atoms with E-state index in [9.17, 15) is 8.42 Å². The molecule has 17 heavy (non-hydrogen) atoms. The van der Waals surface area contributed by atoms with Gasteiger partial charge in [-0.2, -0.15) is 9.57 Å². The molecule has 0 radical (unpaired) electrons. The van der Waals surface area contributed by atoms with Crippen molar-refractivity contribution >= 4 is 21.4 Å². The zero-order valence-corrected chi connectivity index (χ0v) is 11.0. The Bertz CT molecular complexity index is 544. The predicted octanol–water partition coefficient (Wildman–Crippen LogP) is 0.602. The van der Waals surface area contributed by atoms with Crippen molar-refractivity contribution < 1.29 is 8.42 Å². The van der Waals surface area contributed by atoms with Gasteiger partial charge in [0, 0.05) is 25.7 Å². The lowest BCUT2D eigenvalue weighted by Gasteiger charge is -2.32. The number of thiophene rings is 1. The van der Waals surface area contributed by atoms with Crippen LogP contribution in [0.25, 0.3) is 0 Å². The molecule has 1 aromatic heterocycles. The van der Waals surface area contributed by atoms with Gasteiger partial charge in [-0.05, 0) is 19.1 Å². The minimum atomic E-state index is -3.44. The van der Waals surface area contributed by atoms with E-state index >= 15 is 0 Å². The Kier molecular flexibility index (Phi) is 3.49. The molecule has 1 atom stereocenters. The molecule has 0 unspecified atom stereocenters. The van der Waals surface area contributed by atoms with Gasteiger partial charge in [-0.3, -0.25) is 0 Å². The van der Waals surface area contributed by atoms with Crippen molar-refractivity contribution in [3.05, 3.63) is 17.0 Å². The fourth-order valence-corrected chi connectivity index (χ4v) is 4.68. The summed E-state index contributed by atoms with van der Waals surface area (Å²) in [6.45, 7) is 3.68. The molecule has 1 fully saturated rings. The van der Waals surface area contributed by atoms with E-state index in [1.54, 1.807) is 6.07 Å². The Morgan fingerprint density at radius 1 is 1.59 bits per heavy atom. The van der Waals surface area contributed by atoms with Crippen LogP contribution in [-0.2, 0) is 10.0 Å². The number of hydrogen-bond donors (Lipinski definition) is 1. The quantitative estimate of drug-likeness (QED) is 0.855. The minimum Gasteiger partial charge on any atom is -0.314 e. The number of rotatable bonds is 2. The molecular formula is C10H13N3O2S2. The lowest BCUT2D eigenvalue weighted by molar-refractivity contribution is 0.284. The molecule has 7 heteroatoms. The summed E-state index contributed by atoms with van der Waals surface area (Å²) in [5.41, 5.74) is 0. The van der Waals surface area contributed by atoms with Gasteiger partial charge in [-0.25, -0.2) is 8.42 Å². The van der Waals surface area contributed by atoms with Gasteiger partial charge in [0.15, 0.2) is 0 Å². The summed E-state index contributed by atoms with van der Waals surface area (Å²) in [4.78, 5) is 0.423. The largest absolute Gasteiger partial charge is 0.314 e. The number of nitrogens with zero attached hydrogens (tertiary/aromatic N) is 2. The van der Waals surface area contributed by atoms with E-state index in [0.29, 0.717) is 24.5 Å². The van der Waals surface area contributed by atoms with Gasteiger partial charge in [0.1, 0.15) is 15.2 Å². The average molecular weight is 271 g/mol. The van der Waals surface area contributed by atoms with Crippen molar-refractivity contribution in [2.24, 2.45) is 0 Å². The molecule has 0 amide bonds. The molecule has 1 saturated heterocycles. The highest BCUT2D eigenvalue weighted by Gasteiger charge is 2.31. The van der Waals surface area contributed by atoms with Gasteiger partial charge in [0.05, 0.1) is 0 Å². The summed E-state index contributed by atoms with van der Waals surface area (Å²) in [7, 11) is -3.44. The zero-order chi connectivity index (χ0) is 12.5. The summed E-state index contributed by atoms with van der Waals surface area (Å²) < 4.78 is 26.4. The van der Waals surface area contributed by atoms with E-state index in [1.165, 1.54) is 10.4 Å². The predicted molar refractivity (Wildman–Crippen MR) is 65.3 cm³/mol. The highest BCUT2D eigenvalue weighted by Crippen LogP contribution is 2.26. The highest BCUT2D eigenvalue weighted by atomic mass is 32.2. The van der Waals surface area contributed by atoms with Crippen molar-refractivity contribution in [2.75, 3.05) is 19.6 Å². The van der Waals surface area contributed by atoms with Gasteiger partial charge in [-0.15, -0.1) is 11.3 Å². The molecule has 2 heterocycles. The lowest BCUT2D eigenvalue weighted by Crippen LogP contribution is -2.51. The molecule has 2 rings (SSSR count). The van der Waals surface area contributed by atoms with Crippen molar-refractivity contribution in [1.82, 2.24) is 9.62 Å². The molecule has 5 nitrogen and oxygen atoms in total. The van der Waals surface area contributed by atoms with E-state index in [2.05, 4.69) is 5.32 Å². The van der Waals surface area contributed by atoms with Crippen LogP contribution in [0, 0.1) is 11.3 Å². The fraction of sp³-hybridized carbons (Fsp3) is 0.500. The highest BCUT2D eigenvalue weighted by molar-refractivity contribution is 7.91. The first kappa shape index (κ1) is 12.5. The van der Waals surface area contributed by atoms with Gasteiger partial charge in [-0.1, -0.05) is 0 Å². The van der Waals surface area contributed by atoms with E-state index in [0.717, 1.165) is 11.3 Å². The number of sulfonamides is 1. The summed E-state index contributed by atoms with van der Waals surface area (Å²) in [5.74, 6) is 0. The Hall–Kier alpha value is -0.940. The Balaban J connectivity index is 2.32. The lowest BCUT2D eigenvalue weighted by atomic mass is 10.3. The number of nitrogens with one attached hydrogen (secondary N) is 1. The molecule has 1 N–H and O–H groups in total. The smallest absolute Gasteiger partial charge is 0.252 e. The first-order valence-electron chi connectivity index (χ1n) is 5.28. The van der Waals surface area contributed by atoms with Crippen LogP contribution < -0.4 is 5.32 Å². The molecule has 0 saturated carbocycles. The third kappa shape index (κ3) is 2.35. The van der Waals surface area contributed by atoms with E-state index < -0.39 is 10.0 Å². The van der Waals surface area contributed by atoms with Gasteiger partial charge in [0.25, 0.3) is 10.0 Å². The maximum atomic E-state index is 12.3. The van der Waals surface area contributed by atoms with Crippen LogP contribution in [-0.4, -0.2) is 38.4 Å². The topological polar surface area (TPSA) is 73.2 Å². The standard InChI is InChI=1S/C10H13N3O2S2/c1-8-7-12-4-5-13(8)17(14,15)10-3-2-9(6-11)16-10/h2-3,8,12H,4-5,7H2,1H3/t8-/m0/s1. The second kappa shape index (κ2) is 4.74. The molecule has 1 aromatic rings. The summed E-state index contributed by atoms with van der Waals surface area (Å²) in [5, 5.41) is 11.9. The average Bonchev–Trinajstić information content (AvgIpc) is 2.78. The van der Waals surface area contributed by atoms with Crippen LogP contribution in [0.1, 0.15) is 11.8 Å². The van der Waals surface area contributed by atoms with Crippen LogP contribution in [0.5, 0.6) is 0 Å². The van der Waals surface area contributed by atoms with E-state index in [-0.39, 0.29) is 10.3 Å². The number of nitriles is 1. The van der Waals surface area contributed by atoms with Crippen LogP contribution in [0.15, 0.2) is 16.3 Å². The molecule has 0 spiro atoms. The fourth-order valence-electron chi connectivity index (χ4n) is 1.81. The molecular weight excluding hydrogens is 258 g/mol. The molecule has 1 aliphatic heterocycles. The first-order chi connectivity index (χ1) is 8.05. The molecule has 0 aromatic carbocycles.